The maximum atomic E-state index is 11.9. The Bertz CT molecular complexity index is 661. The SMILES string of the molecule is COc1ccc(NC(=O)CCCOc2ccc(Br)cc2)cc1Cl. The molecule has 0 unspecified atom stereocenters. The first-order valence-corrected chi connectivity index (χ1v) is 8.27. The van der Waals surface area contributed by atoms with Crippen molar-refractivity contribution in [2.24, 2.45) is 0 Å². The average Bonchev–Trinajstić information content (AvgIpc) is 2.53. The third kappa shape index (κ3) is 5.77. The molecule has 0 bridgehead atoms. The summed E-state index contributed by atoms with van der Waals surface area (Å²) in [5.41, 5.74) is 0.648. The number of amides is 1. The second-order valence-electron chi connectivity index (χ2n) is 4.80. The highest BCUT2D eigenvalue weighted by atomic mass is 79.9. The Kier molecular flexibility index (Phi) is 6.74. The van der Waals surface area contributed by atoms with E-state index in [1.165, 1.54) is 0 Å². The Labute approximate surface area is 148 Å². The number of methoxy groups -OCH3 is 1. The second-order valence-corrected chi connectivity index (χ2v) is 6.13. The molecule has 0 aliphatic heterocycles. The Morgan fingerprint density at radius 2 is 1.96 bits per heavy atom. The smallest absolute Gasteiger partial charge is 0.224 e. The minimum absolute atomic E-state index is 0.0781. The lowest BCUT2D eigenvalue weighted by atomic mass is 10.2. The molecule has 4 nitrogen and oxygen atoms in total. The van der Waals surface area contributed by atoms with Crippen LogP contribution < -0.4 is 14.8 Å². The minimum atomic E-state index is -0.0781. The first-order chi connectivity index (χ1) is 11.1. The van der Waals surface area contributed by atoms with Gasteiger partial charge in [0.05, 0.1) is 18.7 Å². The fourth-order valence-electron chi connectivity index (χ4n) is 1.92. The molecule has 0 atom stereocenters. The fraction of sp³-hybridized carbons (Fsp3) is 0.235. The summed E-state index contributed by atoms with van der Waals surface area (Å²) in [6, 6.07) is 12.7. The van der Waals surface area contributed by atoms with Crippen LogP contribution in [-0.2, 0) is 4.79 Å². The van der Waals surface area contributed by atoms with Crippen LogP contribution in [0.1, 0.15) is 12.8 Å². The largest absolute Gasteiger partial charge is 0.495 e. The summed E-state index contributed by atoms with van der Waals surface area (Å²) in [7, 11) is 1.55. The molecule has 0 aliphatic carbocycles. The summed E-state index contributed by atoms with van der Waals surface area (Å²) < 4.78 is 11.6. The molecule has 2 aromatic rings. The van der Waals surface area contributed by atoms with E-state index in [2.05, 4.69) is 21.2 Å². The molecular formula is C17H17BrClNO3. The quantitative estimate of drug-likeness (QED) is 0.674. The average molecular weight is 399 g/mol. The van der Waals surface area contributed by atoms with Crippen LogP contribution in [0.3, 0.4) is 0 Å². The summed E-state index contributed by atoms with van der Waals surface area (Å²) in [5.74, 6) is 1.29. The summed E-state index contributed by atoms with van der Waals surface area (Å²) >= 11 is 9.39. The molecule has 0 saturated heterocycles. The van der Waals surface area contributed by atoms with Gasteiger partial charge in [0.2, 0.25) is 5.91 Å². The maximum absolute atomic E-state index is 11.9. The van der Waals surface area contributed by atoms with Gasteiger partial charge in [-0.05, 0) is 48.9 Å². The molecule has 2 aromatic carbocycles. The summed E-state index contributed by atoms with van der Waals surface area (Å²) in [6.45, 7) is 0.485. The molecule has 0 spiro atoms. The highest BCUT2D eigenvalue weighted by Crippen LogP contribution is 2.27. The van der Waals surface area contributed by atoms with Crippen molar-refractivity contribution < 1.29 is 14.3 Å². The van der Waals surface area contributed by atoms with Gasteiger partial charge in [0.15, 0.2) is 0 Å². The number of carbonyl (C=O) groups is 1. The summed E-state index contributed by atoms with van der Waals surface area (Å²) in [6.07, 6.45) is 1.01. The number of carbonyl (C=O) groups excluding carboxylic acids is 1. The molecule has 23 heavy (non-hydrogen) atoms. The fourth-order valence-corrected chi connectivity index (χ4v) is 2.44. The van der Waals surface area contributed by atoms with E-state index in [0.29, 0.717) is 35.9 Å². The normalized spacial score (nSPS) is 10.2. The standard InChI is InChI=1S/C17H17BrClNO3/c1-22-16-9-6-13(11-15(16)19)20-17(21)3-2-10-23-14-7-4-12(18)5-8-14/h4-9,11H,2-3,10H2,1H3,(H,20,21). The molecule has 0 aromatic heterocycles. The van der Waals surface area contributed by atoms with Gasteiger partial charge < -0.3 is 14.8 Å². The van der Waals surface area contributed by atoms with Crippen molar-refractivity contribution in [3.8, 4) is 11.5 Å². The molecule has 0 fully saturated rings. The van der Waals surface area contributed by atoms with Crippen molar-refractivity contribution in [2.45, 2.75) is 12.8 Å². The first-order valence-electron chi connectivity index (χ1n) is 7.10. The van der Waals surface area contributed by atoms with Crippen molar-refractivity contribution in [2.75, 3.05) is 19.0 Å². The monoisotopic (exact) mass is 397 g/mol. The Balaban J connectivity index is 1.72. The predicted octanol–water partition coefficient (Wildman–Crippen LogP) is 4.91. The Hall–Kier alpha value is -1.72. The molecule has 1 N–H and O–H groups in total. The number of hydrogen-bond acceptors (Lipinski definition) is 3. The van der Waals surface area contributed by atoms with Crippen LogP contribution in [0.15, 0.2) is 46.9 Å². The number of rotatable bonds is 7. The van der Waals surface area contributed by atoms with Crippen molar-refractivity contribution in [3.63, 3.8) is 0 Å². The topological polar surface area (TPSA) is 47.6 Å². The van der Waals surface area contributed by atoms with Crippen LogP contribution in [0.25, 0.3) is 0 Å². The Morgan fingerprint density at radius 1 is 1.22 bits per heavy atom. The molecule has 122 valence electrons. The predicted molar refractivity (Wildman–Crippen MR) is 95.5 cm³/mol. The van der Waals surface area contributed by atoms with Crippen LogP contribution in [0.4, 0.5) is 5.69 Å². The van der Waals surface area contributed by atoms with E-state index in [-0.39, 0.29) is 5.91 Å². The van der Waals surface area contributed by atoms with Crippen molar-refractivity contribution in [3.05, 3.63) is 52.0 Å². The summed E-state index contributed by atoms with van der Waals surface area (Å²) in [4.78, 5) is 11.9. The lowest BCUT2D eigenvalue weighted by Crippen LogP contribution is -2.12. The van der Waals surface area contributed by atoms with Gasteiger partial charge in [-0.25, -0.2) is 0 Å². The lowest BCUT2D eigenvalue weighted by Gasteiger charge is -2.09. The highest BCUT2D eigenvalue weighted by Gasteiger charge is 2.06. The molecule has 6 heteroatoms. The third-order valence-corrected chi connectivity index (χ3v) is 3.89. The maximum Gasteiger partial charge on any atom is 0.224 e. The van der Waals surface area contributed by atoms with E-state index in [9.17, 15) is 4.79 Å². The molecule has 1 amide bonds. The molecular weight excluding hydrogens is 382 g/mol. The minimum Gasteiger partial charge on any atom is -0.495 e. The van der Waals surface area contributed by atoms with Gasteiger partial charge >= 0.3 is 0 Å². The van der Waals surface area contributed by atoms with Gasteiger partial charge in [-0.2, -0.15) is 0 Å². The highest BCUT2D eigenvalue weighted by molar-refractivity contribution is 9.10. The van der Waals surface area contributed by atoms with Crippen LogP contribution >= 0.6 is 27.5 Å². The molecule has 2 rings (SSSR count). The number of benzene rings is 2. The second kappa shape index (κ2) is 8.79. The van der Waals surface area contributed by atoms with Crippen LogP contribution in [-0.4, -0.2) is 19.6 Å². The molecule has 0 heterocycles. The zero-order valence-electron chi connectivity index (χ0n) is 12.6. The Morgan fingerprint density at radius 3 is 2.61 bits per heavy atom. The van der Waals surface area contributed by atoms with Crippen LogP contribution in [0, 0.1) is 0 Å². The number of nitrogens with one attached hydrogen (secondary N) is 1. The molecule has 0 radical (unpaired) electrons. The first kappa shape index (κ1) is 17.6. The van der Waals surface area contributed by atoms with E-state index < -0.39 is 0 Å². The van der Waals surface area contributed by atoms with Crippen molar-refractivity contribution >= 4 is 39.1 Å². The van der Waals surface area contributed by atoms with Crippen molar-refractivity contribution in [1.29, 1.82) is 0 Å². The van der Waals surface area contributed by atoms with Gasteiger partial charge in [0.25, 0.3) is 0 Å². The van der Waals surface area contributed by atoms with E-state index in [0.717, 1.165) is 10.2 Å². The zero-order chi connectivity index (χ0) is 16.7. The molecule has 0 aliphatic rings. The number of ether oxygens (including phenoxy) is 2. The van der Waals surface area contributed by atoms with Crippen LogP contribution in [0.2, 0.25) is 5.02 Å². The van der Waals surface area contributed by atoms with Gasteiger partial charge in [0, 0.05) is 16.6 Å². The summed E-state index contributed by atoms with van der Waals surface area (Å²) in [5, 5.41) is 3.26. The third-order valence-electron chi connectivity index (χ3n) is 3.07. The van der Waals surface area contributed by atoms with Crippen LogP contribution in [0.5, 0.6) is 11.5 Å². The lowest BCUT2D eigenvalue weighted by molar-refractivity contribution is -0.116. The van der Waals surface area contributed by atoms with E-state index in [1.54, 1.807) is 25.3 Å². The number of halogens is 2. The van der Waals surface area contributed by atoms with Crippen molar-refractivity contribution in [1.82, 2.24) is 0 Å². The van der Waals surface area contributed by atoms with E-state index in [1.807, 2.05) is 24.3 Å². The number of anilines is 1. The number of hydrogen-bond donors (Lipinski definition) is 1. The van der Waals surface area contributed by atoms with E-state index >= 15 is 0 Å². The molecule has 0 saturated carbocycles. The zero-order valence-corrected chi connectivity index (χ0v) is 15.0. The van der Waals surface area contributed by atoms with Gasteiger partial charge in [-0.1, -0.05) is 27.5 Å². The van der Waals surface area contributed by atoms with E-state index in [4.69, 9.17) is 21.1 Å². The van der Waals surface area contributed by atoms with Gasteiger partial charge in [0.1, 0.15) is 11.5 Å². The van der Waals surface area contributed by atoms with Gasteiger partial charge in [-0.15, -0.1) is 0 Å². The van der Waals surface area contributed by atoms with Gasteiger partial charge in [-0.3, -0.25) is 4.79 Å².